The number of aromatic carboxylic acids is 1. The molecule has 1 heterocycles. The maximum absolute atomic E-state index is 12.7. The number of aromatic nitrogens is 1. The number of halogens is 3. The van der Waals surface area contributed by atoms with Crippen LogP contribution in [0.5, 0.6) is 0 Å². The van der Waals surface area contributed by atoms with Crippen molar-refractivity contribution in [2.75, 3.05) is 0 Å². The van der Waals surface area contributed by atoms with Crippen LogP contribution < -0.4 is 0 Å². The number of carboxylic acids is 1. The van der Waals surface area contributed by atoms with Crippen molar-refractivity contribution < 1.29 is 18.7 Å². The van der Waals surface area contributed by atoms with Gasteiger partial charge in [-0.25, -0.2) is 13.6 Å². The molecule has 1 aromatic rings. The molecule has 0 amide bonds. The molecule has 1 saturated carbocycles. The fraction of sp³-hybridized carbons (Fsp3) is 0.400. The van der Waals surface area contributed by atoms with Gasteiger partial charge in [0.05, 0.1) is 11.3 Å². The molecule has 1 fully saturated rings. The van der Waals surface area contributed by atoms with Gasteiger partial charge in [0, 0.05) is 29.4 Å². The Balaban J connectivity index is 2.21. The second-order valence-corrected chi connectivity index (χ2v) is 4.71. The molecular weight excluding hydrogens is 284 g/mol. The highest BCUT2D eigenvalue weighted by atomic mass is 79.9. The Bertz CT molecular complexity index is 442. The monoisotopic (exact) mass is 291 g/mol. The molecular formula is C10H8BrF2NO2. The standard InChI is InChI=1S/C10H8BrF2NO2/c11-7-1-5(9(15)16)4-14-8(7)6-2-10(12,13)3-6/h1,4,6H,2-3H2,(H,15,16). The molecule has 0 bridgehead atoms. The molecule has 6 heteroatoms. The van der Waals surface area contributed by atoms with Crippen LogP contribution in [0.3, 0.4) is 0 Å². The third kappa shape index (κ3) is 2.07. The maximum Gasteiger partial charge on any atom is 0.337 e. The molecule has 0 radical (unpaired) electrons. The first-order valence-corrected chi connectivity index (χ1v) is 5.45. The van der Waals surface area contributed by atoms with Crippen LogP contribution in [0.2, 0.25) is 0 Å². The highest BCUT2D eigenvalue weighted by molar-refractivity contribution is 9.10. The van der Waals surface area contributed by atoms with Crippen LogP contribution in [0.4, 0.5) is 8.78 Å². The molecule has 1 N–H and O–H groups in total. The van der Waals surface area contributed by atoms with Crippen molar-refractivity contribution >= 4 is 21.9 Å². The molecule has 3 nitrogen and oxygen atoms in total. The molecule has 1 aromatic heterocycles. The van der Waals surface area contributed by atoms with E-state index in [4.69, 9.17) is 5.11 Å². The molecule has 0 atom stereocenters. The van der Waals surface area contributed by atoms with Gasteiger partial charge >= 0.3 is 5.97 Å². The van der Waals surface area contributed by atoms with Gasteiger partial charge in [-0.3, -0.25) is 4.98 Å². The van der Waals surface area contributed by atoms with Gasteiger partial charge in [0.25, 0.3) is 0 Å². The average Bonchev–Trinajstić information content (AvgIpc) is 2.13. The van der Waals surface area contributed by atoms with Gasteiger partial charge in [0.2, 0.25) is 5.92 Å². The number of nitrogens with zero attached hydrogens (tertiary/aromatic N) is 1. The minimum Gasteiger partial charge on any atom is -0.478 e. The number of rotatable bonds is 2. The van der Waals surface area contributed by atoms with Crippen LogP contribution in [0.25, 0.3) is 0 Å². The van der Waals surface area contributed by atoms with Crippen LogP contribution in [0.15, 0.2) is 16.7 Å². The van der Waals surface area contributed by atoms with E-state index in [9.17, 15) is 13.6 Å². The summed E-state index contributed by atoms with van der Waals surface area (Å²) in [5, 5.41) is 8.71. The highest BCUT2D eigenvalue weighted by Gasteiger charge is 2.47. The van der Waals surface area contributed by atoms with E-state index in [1.165, 1.54) is 12.3 Å². The van der Waals surface area contributed by atoms with Gasteiger partial charge in [-0.2, -0.15) is 0 Å². The van der Waals surface area contributed by atoms with Gasteiger partial charge in [-0.15, -0.1) is 0 Å². The molecule has 16 heavy (non-hydrogen) atoms. The van der Waals surface area contributed by atoms with Crippen molar-refractivity contribution in [3.05, 3.63) is 28.0 Å². The summed E-state index contributed by atoms with van der Waals surface area (Å²) in [6.07, 6.45) is 0.759. The Labute approximate surface area is 98.6 Å². The molecule has 0 saturated heterocycles. The second-order valence-electron chi connectivity index (χ2n) is 3.86. The Morgan fingerprint density at radius 1 is 1.56 bits per heavy atom. The van der Waals surface area contributed by atoms with E-state index in [1.54, 1.807) is 0 Å². The van der Waals surface area contributed by atoms with Crippen molar-refractivity contribution in [3.8, 4) is 0 Å². The molecule has 0 aromatic carbocycles. The smallest absolute Gasteiger partial charge is 0.337 e. The van der Waals surface area contributed by atoms with Gasteiger partial charge in [0.15, 0.2) is 0 Å². The number of pyridine rings is 1. The summed E-state index contributed by atoms with van der Waals surface area (Å²) in [5.74, 6) is -3.97. The summed E-state index contributed by atoms with van der Waals surface area (Å²) in [6, 6.07) is 1.39. The fourth-order valence-corrected chi connectivity index (χ4v) is 2.39. The lowest BCUT2D eigenvalue weighted by atomic mass is 9.79. The van der Waals surface area contributed by atoms with Crippen LogP contribution in [0, 0.1) is 0 Å². The number of hydrogen-bond acceptors (Lipinski definition) is 2. The van der Waals surface area contributed by atoms with Crippen LogP contribution >= 0.6 is 15.9 Å². The summed E-state index contributed by atoms with van der Waals surface area (Å²) in [7, 11) is 0. The quantitative estimate of drug-likeness (QED) is 0.911. The number of carbonyl (C=O) groups is 1. The fourth-order valence-electron chi connectivity index (χ4n) is 1.72. The van der Waals surface area contributed by atoms with Crippen molar-refractivity contribution in [1.29, 1.82) is 0 Å². The average molecular weight is 292 g/mol. The first-order chi connectivity index (χ1) is 7.39. The topological polar surface area (TPSA) is 50.2 Å². The van der Waals surface area contributed by atoms with E-state index in [0.29, 0.717) is 10.2 Å². The minimum atomic E-state index is -2.60. The zero-order valence-electron chi connectivity index (χ0n) is 8.08. The van der Waals surface area contributed by atoms with E-state index >= 15 is 0 Å². The van der Waals surface area contributed by atoms with Gasteiger partial charge in [-0.1, -0.05) is 0 Å². The first kappa shape index (κ1) is 11.4. The van der Waals surface area contributed by atoms with Crippen LogP contribution in [-0.2, 0) is 0 Å². The molecule has 2 rings (SSSR count). The SMILES string of the molecule is O=C(O)c1cnc(C2CC(F)(F)C2)c(Br)c1. The Morgan fingerprint density at radius 2 is 2.19 bits per heavy atom. The zero-order valence-corrected chi connectivity index (χ0v) is 9.67. The third-order valence-electron chi connectivity index (χ3n) is 2.59. The van der Waals surface area contributed by atoms with Gasteiger partial charge in [0.1, 0.15) is 0 Å². The normalized spacial score (nSPS) is 19.2. The van der Waals surface area contributed by atoms with Gasteiger partial charge < -0.3 is 5.11 Å². The molecule has 1 aliphatic carbocycles. The Hall–Kier alpha value is -1.04. The summed E-state index contributed by atoms with van der Waals surface area (Å²) >= 11 is 3.16. The van der Waals surface area contributed by atoms with E-state index in [1.807, 2.05) is 0 Å². The van der Waals surface area contributed by atoms with Crippen LogP contribution in [0.1, 0.15) is 34.8 Å². The molecule has 0 aliphatic heterocycles. The van der Waals surface area contributed by atoms with E-state index in [-0.39, 0.29) is 24.3 Å². The summed E-state index contributed by atoms with van der Waals surface area (Å²) in [6.45, 7) is 0. The largest absolute Gasteiger partial charge is 0.478 e. The van der Waals surface area contributed by atoms with Crippen molar-refractivity contribution in [3.63, 3.8) is 0 Å². The summed E-state index contributed by atoms with van der Waals surface area (Å²) in [5.41, 5.74) is 0.553. The van der Waals surface area contributed by atoms with E-state index in [0.717, 1.165) is 0 Å². The maximum atomic E-state index is 12.7. The highest BCUT2D eigenvalue weighted by Crippen LogP contribution is 2.49. The van der Waals surface area contributed by atoms with Crippen molar-refractivity contribution in [1.82, 2.24) is 4.98 Å². The predicted molar refractivity (Wildman–Crippen MR) is 55.8 cm³/mol. The lowest BCUT2D eigenvalue weighted by Crippen LogP contribution is -2.34. The number of hydrogen-bond donors (Lipinski definition) is 1. The lowest BCUT2D eigenvalue weighted by molar-refractivity contribution is -0.0877. The Morgan fingerprint density at radius 3 is 2.62 bits per heavy atom. The first-order valence-electron chi connectivity index (χ1n) is 4.65. The zero-order chi connectivity index (χ0) is 11.9. The summed E-state index contributed by atoms with van der Waals surface area (Å²) < 4.78 is 25.8. The Kier molecular flexibility index (Phi) is 2.69. The lowest BCUT2D eigenvalue weighted by Gasteiger charge is -2.34. The van der Waals surface area contributed by atoms with Crippen LogP contribution in [-0.4, -0.2) is 22.0 Å². The second kappa shape index (κ2) is 3.76. The van der Waals surface area contributed by atoms with E-state index in [2.05, 4.69) is 20.9 Å². The predicted octanol–water partition coefficient (Wildman–Crippen LogP) is 3.06. The molecule has 0 unspecified atom stereocenters. The molecule has 0 spiro atoms. The van der Waals surface area contributed by atoms with Gasteiger partial charge in [-0.05, 0) is 22.0 Å². The third-order valence-corrected chi connectivity index (χ3v) is 3.23. The van der Waals surface area contributed by atoms with Crippen molar-refractivity contribution in [2.24, 2.45) is 0 Å². The number of carboxylic acid groups (broad SMARTS) is 1. The van der Waals surface area contributed by atoms with Crippen molar-refractivity contribution in [2.45, 2.75) is 24.7 Å². The number of alkyl halides is 2. The van der Waals surface area contributed by atoms with E-state index < -0.39 is 11.9 Å². The molecule has 1 aliphatic rings. The minimum absolute atomic E-state index is 0.0432. The molecule has 86 valence electrons. The summed E-state index contributed by atoms with van der Waals surface area (Å²) in [4.78, 5) is 14.6.